The van der Waals surface area contributed by atoms with Gasteiger partial charge in [-0.25, -0.2) is 4.79 Å². The first-order chi connectivity index (χ1) is 9.60. The maximum Gasteiger partial charge on any atom is 0.409 e. The van der Waals surface area contributed by atoms with E-state index in [-0.39, 0.29) is 6.09 Å². The number of carbonyl (C=O) groups is 1. The maximum atomic E-state index is 11.6. The highest BCUT2D eigenvalue weighted by Crippen LogP contribution is 2.23. The van der Waals surface area contributed by atoms with E-state index in [1.165, 1.54) is 5.56 Å². The minimum atomic E-state index is -0.191. The van der Waals surface area contributed by atoms with Crippen LogP contribution in [0.25, 0.3) is 0 Å². The van der Waals surface area contributed by atoms with Crippen LogP contribution in [0, 0.1) is 6.92 Å². The molecule has 1 aromatic rings. The summed E-state index contributed by atoms with van der Waals surface area (Å²) >= 11 is 3.55. The summed E-state index contributed by atoms with van der Waals surface area (Å²) in [5, 5.41) is 3.53. The zero-order valence-corrected chi connectivity index (χ0v) is 13.6. The van der Waals surface area contributed by atoms with Crippen LogP contribution in [-0.4, -0.2) is 36.7 Å². The number of amides is 1. The van der Waals surface area contributed by atoms with Crippen LogP contribution in [0.5, 0.6) is 0 Å². The Morgan fingerprint density at radius 2 is 2.15 bits per heavy atom. The minimum Gasteiger partial charge on any atom is -0.450 e. The molecule has 5 heteroatoms. The molecule has 0 radical (unpaired) electrons. The van der Waals surface area contributed by atoms with Crippen molar-refractivity contribution in [2.45, 2.75) is 32.7 Å². The number of anilines is 1. The molecule has 0 bridgehead atoms. The van der Waals surface area contributed by atoms with E-state index in [1.54, 1.807) is 4.90 Å². The molecule has 110 valence electrons. The summed E-state index contributed by atoms with van der Waals surface area (Å²) in [6.07, 6.45) is 1.71. The number of rotatable bonds is 3. The Labute approximate surface area is 128 Å². The van der Waals surface area contributed by atoms with Crippen LogP contribution in [0.15, 0.2) is 22.7 Å². The third kappa shape index (κ3) is 3.88. The van der Waals surface area contributed by atoms with Crippen LogP contribution in [0.1, 0.15) is 25.3 Å². The Balaban J connectivity index is 1.85. The Kier molecular flexibility index (Phi) is 5.29. The first-order valence-corrected chi connectivity index (χ1v) is 7.84. The van der Waals surface area contributed by atoms with Gasteiger partial charge < -0.3 is 15.0 Å². The molecular formula is C15H21BrN2O2. The lowest BCUT2D eigenvalue weighted by Crippen LogP contribution is -2.42. The Morgan fingerprint density at radius 3 is 2.75 bits per heavy atom. The van der Waals surface area contributed by atoms with Crippen molar-refractivity contribution in [1.29, 1.82) is 0 Å². The number of likely N-dealkylation sites (tertiary alicyclic amines) is 1. The SMILES string of the molecule is CCOC(=O)N1CCC(Nc2ccc(C)c(Br)c2)CC1. The molecule has 1 N–H and O–H groups in total. The summed E-state index contributed by atoms with van der Waals surface area (Å²) in [4.78, 5) is 13.4. The normalized spacial score (nSPS) is 16.1. The molecule has 4 nitrogen and oxygen atoms in total. The largest absolute Gasteiger partial charge is 0.450 e. The number of aryl methyl sites for hydroxylation is 1. The van der Waals surface area contributed by atoms with Crippen molar-refractivity contribution in [3.05, 3.63) is 28.2 Å². The highest BCUT2D eigenvalue weighted by atomic mass is 79.9. The van der Waals surface area contributed by atoms with Crippen molar-refractivity contribution in [3.8, 4) is 0 Å². The van der Waals surface area contributed by atoms with E-state index in [0.717, 1.165) is 36.1 Å². The molecule has 1 aromatic carbocycles. The topological polar surface area (TPSA) is 41.6 Å². The van der Waals surface area contributed by atoms with E-state index in [9.17, 15) is 4.79 Å². The van der Waals surface area contributed by atoms with Crippen molar-refractivity contribution in [3.63, 3.8) is 0 Å². The van der Waals surface area contributed by atoms with Crippen LogP contribution in [0.3, 0.4) is 0 Å². The van der Waals surface area contributed by atoms with Crippen LogP contribution >= 0.6 is 15.9 Å². The van der Waals surface area contributed by atoms with E-state index >= 15 is 0 Å². The van der Waals surface area contributed by atoms with Gasteiger partial charge in [-0.3, -0.25) is 0 Å². The molecule has 0 unspecified atom stereocenters. The number of ether oxygens (including phenoxy) is 1. The minimum absolute atomic E-state index is 0.191. The molecule has 1 aliphatic heterocycles. The zero-order valence-electron chi connectivity index (χ0n) is 12.0. The number of piperidine rings is 1. The van der Waals surface area contributed by atoms with Crippen molar-refractivity contribution >= 4 is 27.7 Å². The van der Waals surface area contributed by atoms with Gasteiger partial charge in [-0.2, -0.15) is 0 Å². The standard InChI is InChI=1S/C15H21BrN2O2/c1-3-20-15(19)18-8-6-12(7-9-18)17-13-5-4-11(2)14(16)10-13/h4-5,10,12,17H,3,6-9H2,1-2H3. The Morgan fingerprint density at radius 1 is 1.45 bits per heavy atom. The van der Waals surface area contributed by atoms with E-state index in [2.05, 4.69) is 46.4 Å². The van der Waals surface area contributed by atoms with Gasteiger partial charge in [0.25, 0.3) is 0 Å². The summed E-state index contributed by atoms with van der Waals surface area (Å²) in [6, 6.07) is 6.71. The monoisotopic (exact) mass is 340 g/mol. The van der Waals surface area contributed by atoms with E-state index < -0.39 is 0 Å². The second kappa shape index (κ2) is 6.97. The summed E-state index contributed by atoms with van der Waals surface area (Å²) in [5.74, 6) is 0. The first-order valence-electron chi connectivity index (χ1n) is 7.04. The third-order valence-electron chi connectivity index (χ3n) is 3.56. The number of halogens is 1. The van der Waals surface area contributed by atoms with E-state index in [0.29, 0.717) is 12.6 Å². The van der Waals surface area contributed by atoms with Gasteiger partial charge in [0, 0.05) is 29.3 Å². The summed E-state index contributed by atoms with van der Waals surface area (Å²) in [5.41, 5.74) is 2.35. The van der Waals surface area contributed by atoms with Gasteiger partial charge in [-0.15, -0.1) is 0 Å². The number of carbonyl (C=O) groups excluding carboxylic acids is 1. The van der Waals surface area contributed by atoms with Crippen LogP contribution in [0.4, 0.5) is 10.5 Å². The van der Waals surface area contributed by atoms with Gasteiger partial charge in [0.05, 0.1) is 6.61 Å². The molecule has 0 spiro atoms. The second-order valence-electron chi connectivity index (χ2n) is 5.07. The van der Waals surface area contributed by atoms with Crippen molar-refractivity contribution in [1.82, 2.24) is 4.90 Å². The lowest BCUT2D eigenvalue weighted by molar-refractivity contribution is 0.0983. The second-order valence-corrected chi connectivity index (χ2v) is 5.92. The van der Waals surface area contributed by atoms with Crippen molar-refractivity contribution in [2.24, 2.45) is 0 Å². The molecule has 0 aliphatic carbocycles. The Bertz CT molecular complexity index is 471. The molecule has 0 saturated carbocycles. The lowest BCUT2D eigenvalue weighted by Gasteiger charge is -2.32. The van der Waals surface area contributed by atoms with Crippen molar-refractivity contribution in [2.75, 3.05) is 25.0 Å². The number of nitrogens with one attached hydrogen (secondary N) is 1. The van der Waals surface area contributed by atoms with Gasteiger partial charge in [-0.05, 0) is 44.4 Å². The van der Waals surface area contributed by atoms with Gasteiger partial charge in [0.1, 0.15) is 0 Å². The Hall–Kier alpha value is -1.23. The third-order valence-corrected chi connectivity index (χ3v) is 4.42. The fourth-order valence-electron chi connectivity index (χ4n) is 2.34. The average molecular weight is 341 g/mol. The molecule has 2 rings (SSSR count). The molecule has 0 aromatic heterocycles. The molecular weight excluding hydrogens is 320 g/mol. The summed E-state index contributed by atoms with van der Waals surface area (Å²) in [6.45, 7) is 5.86. The number of hydrogen-bond donors (Lipinski definition) is 1. The van der Waals surface area contributed by atoms with Crippen LogP contribution < -0.4 is 5.32 Å². The fraction of sp³-hybridized carbons (Fsp3) is 0.533. The van der Waals surface area contributed by atoms with E-state index in [4.69, 9.17) is 4.74 Å². The van der Waals surface area contributed by atoms with Crippen LogP contribution in [0.2, 0.25) is 0 Å². The highest BCUT2D eigenvalue weighted by molar-refractivity contribution is 9.10. The fourth-order valence-corrected chi connectivity index (χ4v) is 2.72. The summed E-state index contributed by atoms with van der Waals surface area (Å²) in [7, 11) is 0. The highest BCUT2D eigenvalue weighted by Gasteiger charge is 2.23. The molecule has 0 atom stereocenters. The predicted octanol–water partition coefficient (Wildman–Crippen LogP) is 3.79. The average Bonchev–Trinajstić information content (AvgIpc) is 2.44. The van der Waals surface area contributed by atoms with Gasteiger partial charge in [0.2, 0.25) is 0 Å². The maximum absolute atomic E-state index is 11.6. The van der Waals surface area contributed by atoms with E-state index in [1.807, 2.05) is 6.92 Å². The zero-order chi connectivity index (χ0) is 14.5. The van der Waals surface area contributed by atoms with Gasteiger partial charge >= 0.3 is 6.09 Å². The smallest absolute Gasteiger partial charge is 0.409 e. The van der Waals surface area contributed by atoms with Crippen LogP contribution in [-0.2, 0) is 4.74 Å². The van der Waals surface area contributed by atoms with Gasteiger partial charge in [-0.1, -0.05) is 22.0 Å². The summed E-state index contributed by atoms with van der Waals surface area (Å²) < 4.78 is 6.14. The molecule has 1 heterocycles. The first kappa shape index (κ1) is 15.2. The van der Waals surface area contributed by atoms with Crippen molar-refractivity contribution < 1.29 is 9.53 Å². The molecule has 1 saturated heterocycles. The molecule has 1 amide bonds. The number of hydrogen-bond acceptors (Lipinski definition) is 3. The molecule has 1 fully saturated rings. The number of benzene rings is 1. The molecule has 20 heavy (non-hydrogen) atoms. The predicted molar refractivity (Wildman–Crippen MR) is 84.1 cm³/mol. The quantitative estimate of drug-likeness (QED) is 0.909. The molecule has 1 aliphatic rings. The number of nitrogens with zero attached hydrogens (tertiary/aromatic N) is 1. The van der Waals surface area contributed by atoms with Gasteiger partial charge in [0.15, 0.2) is 0 Å². The lowest BCUT2D eigenvalue weighted by atomic mass is 10.0.